The minimum absolute atomic E-state index is 0.245. The Morgan fingerprint density at radius 3 is 2.31 bits per heavy atom. The lowest BCUT2D eigenvalue weighted by Crippen LogP contribution is -2.23. The summed E-state index contributed by atoms with van der Waals surface area (Å²) in [4.78, 5) is 0. The van der Waals surface area contributed by atoms with Gasteiger partial charge in [0.15, 0.2) is 0 Å². The standard InChI is InChI=1S/C9H17NO2S/c1-9(2,3)13(11)10-8-4-6-12-7-5-8/h4-7H2,1-3H3/t13-/m0/s1. The predicted molar refractivity (Wildman–Crippen MR) is 55.4 cm³/mol. The first-order chi connectivity index (χ1) is 6.00. The maximum Gasteiger partial charge on any atom is 0.144 e. The van der Waals surface area contributed by atoms with E-state index in [0.29, 0.717) is 0 Å². The van der Waals surface area contributed by atoms with Gasteiger partial charge in [0.05, 0.1) is 18.0 Å². The molecule has 0 amide bonds. The van der Waals surface area contributed by atoms with Gasteiger partial charge in [-0.05, 0) is 20.8 Å². The van der Waals surface area contributed by atoms with Gasteiger partial charge in [0.1, 0.15) is 11.0 Å². The first-order valence-corrected chi connectivity index (χ1v) is 5.67. The molecule has 0 aliphatic carbocycles. The van der Waals surface area contributed by atoms with Crippen molar-refractivity contribution in [1.29, 1.82) is 0 Å². The van der Waals surface area contributed by atoms with E-state index in [1.54, 1.807) is 0 Å². The summed E-state index contributed by atoms with van der Waals surface area (Å²) in [5.41, 5.74) is 1.04. The van der Waals surface area contributed by atoms with Crippen LogP contribution in [0.4, 0.5) is 0 Å². The lowest BCUT2D eigenvalue weighted by molar-refractivity contribution is 0.135. The third-order valence-electron chi connectivity index (χ3n) is 1.81. The lowest BCUT2D eigenvalue weighted by atomic mass is 10.2. The molecule has 4 heteroatoms. The fraction of sp³-hybridized carbons (Fsp3) is 0.889. The topological polar surface area (TPSA) is 38.7 Å². The van der Waals surface area contributed by atoms with Gasteiger partial charge in [0.2, 0.25) is 0 Å². The van der Waals surface area contributed by atoms with E-state index in [0.717, 1.165) is 31.8 Å². The van der Waals surface area contributed by atoms with Crippen LogP contribution < -0.4 is 0 Å². The predicted octanol–water partition coefficient (Wildman–Crippen LogP) is 1.70. The first-order valence-electron chi connectivity index (χ1n) is 4.56. The molecule has 0 spiro atoms. The highest BCUT2D eigenvalue weighted by Gasteiger charge is 2.20. The number of rotatable bonds is 1. The molecule has 0 aromatic rings. The Hall–Kier alpha value is -0.220. The molecule has 1 aliphatic heterocycles. The van der Waals surface area contributed by atoms with Crippen molar-refractivity contribution in [3.63, 3.8) is 0 Å². The molecule has 1 aliphatic rings. The highest BCUT2D eigenvalue weighted by molar-refractivity contribution is 7.85. The van der Waals surface area contributed by atoms with E-state index < -0.39 is 11.0 Å². The fourth-order valence-electron chi connectivity index (χ4n) is 0.952. The Kier molecular flexibility index (Phi) is 3.62. The van der Waals surface area contributed by atoms with Crippen molar-refractivity contribution in [2.45, 2.75) is 38.4 Å². The van der Waals surface area contributed by atoms with E-state index in [2.05, 4.69) is 4.40 Å². The molecule has 0 saturated carbocycles. The Morgan fingerprint density at radius 2 is 1.85 bits per heavy atom. The Bertz CT molecular complexity index is 222. The summed E-state index contributed by atoms with van der Waals surface area (Å²) in [5, 5.41) is 0. The molecule has 0 radical (unpaired) electrons. The average molecular weight is 203 g/mol. The number of hydrogen-bond acceptors (Lipinski definition) is 2. The molecule has 3 nitrogen and oxygen atoms in total. The molecule has 76 valence electrons. The Balaban J connectivity index is 2.59. The van der Waals surface area contributed by atoms with Gasteiger partial charge in [-0.3, -0.25) is 0 Å². The second-order valence-corrected chi connectivity index (χ2v) is 6.04. The van der Waals surface area contributed by atoms with E-state index in [1.807, 2.05) is 20.8 Å². The van der Waals surface area contributed by atoms with Crippen LogP contribution in [0.1, 0.15) is 33.6 Å². The first kappa shape index (κ1) is 10.9. The molecule has 1 atom stereocenters. The zero-order valence-corrected chi connectivity index (χ0v) is 9.32. The fourth-order valence-corrected chi connectivity index (χ4v) is 1.64. The quantitative estimate of drug-likeness (QED) is 0.650. The van der Waals surface area contributed by atoms with Crippen LogP contribution in [-0.4, -0.2) is 27.9 Å². The van der Waals surface area contributed by atoms with Crippen LogP contribution in [0.2, 0.25) is 0 Å². The largest absolute Gasteiger partial charge is 0.381 e. The Morgan fingerprint density at radius 1 is 1.31 bits per heavy atom. The maximum atomic E-state index is 11.6. The minimum Gasteiger partial charge on any atom is -0.381 e. The van der Waals surface area contributed by atoms with E-state index in [4.69, 9.17) is 4.74 Å². The molecule has 1 heterocycles. The third kappa shape index (κ3) is 3.56. The Labute approximate surface area is 82.2 Å². The van der Waals surface area contributed by atoms with Crippen LogP contribution in [0, 0.1) is 0 Å². The smallest absolute Gasteiger partial charge is 0.144 e. The average Bonchev–Trinajstić information content (AvgIpc) is 2.04. The molecular formula is C9H17NO2S. The summed E-state index contributed by atoms with van der Waals surface area (Å²) >= 11 is 0. The van der Waals surface area contributed by atoms with Crippen LogP contribution in [0.5, 0.6) is 0 Å². The summed E-state index contributed by atoms with van der Waals surface area (Å²) in [7, 11) is -1.10. The van der Waals surface area contributed by atoms with Crippen LogP contribution in [0.25, 0.3) is 0 Å². The van der Waals surface area contributed by atoms with Crippen molar-refractivity contribution in [1.82, 2.24) is 0 Å². The van der Waals surface area contributed by atoms with Crippen LogP contribution in [0.15, 0.2) is 4.40 Å². The molecule has 0 bridgehead atoms. The van der Waals surface area contributed by atoms with Gasteiger partial charge in [0, 0.05) is 18.6 Å². The van der Waals surface area contributed by atoms with Gasteiger partial charge in [-0.1, -0.05) is 0 Å². The molecule has 1 fully saturated rings. The number of hydrogen-bond donors (Lipinski definition) is 0. The van der Waals surface area contributed by atoms with Crippen LogP contribution in [-0.2, 0) is 15.7 Å². The van der Waals surface area contributed by atoms with E-state index in [9.17, 15) is 4.21 Å². The van der Waals surface area contributed by atoms with Crippen molar-refractivity contribution in [3.8, 4) is 0 Å². The second kappa shape index (κ2) is 4.33. The second-order valence-electron chi connectivity index (χ2n) is 4.13. The van der Waals surface area contributed by atoms with Crippen molar-refractivity contribution in [2.75, 3.05) is 13.2 Å². The van der Waals surface area contributed by atoms with Gasteiger partial charge in [-0.25, -0.2) is 4.21 Å². The summed E-state index contributed by atoms with van der Waals surface area (Å²) in [6.45, 7) is 7.26. The molecular weight excluding hydrogens is 186 g/mol. The minimum atomic E-state index is -1.10. The highest BCUT2D eigenvalue weighted by atomic mass is 32.2. The molecule has 0 N–H and O–H groups in total. The summed E-state index contributed by atoms with van der Waals surface area (Å²) in [5.74, 6) is 0. The van der Waals surface area contributed by atoms with E-state index in [-0.39, 0.29) is 4.75 Å². The number of ether oxygens (including phenoxy) is 1. The van der Waals surface area contributed by atoms with Crippen molar-refractivity contribution in [3.05, 3.63) is 0 Å². The molecule has 0 unspecified atom stereocenters. The van der Waals surface area contributed by atoms with Gasteiger partial charge in [0.25, 0.3) is 0 Å². The van der Waals surface area contributed by atoms with Crippen molar-refractivity contribution >= 4 is 16.7 Å². The van der Waals surface area contributed by atoms with Crippen LogP contribution >= 0.6 is 0 Å². The molecule has 13 heavy (non-hydrogen) atoms. The third-order valence-corrected chi connectivity index (χ3v) is 3.28. The van der Waals surface area contributed by atoms with Gasteiger partial charge < -0.3 is 4.74 Å². The molecule has 0 aromatic carbocycles. The zero-order chi connectivity index (χ0) is 9.90. The van der Waals surface area contributed by atoms with Gasteiger partial charge >= 0.3 is 0 Å². The summed E-state index contributed by atoms with van der Waals surface area (Å²) in [6, 6.07) is 0. The van der Waals surface area contributed by atoms with E-state index >= 15 is 0 Å². The molecule has 1 rings (SSSR count). The maximum absolute atomic E-state index is 11.6. The molecule has 1 saturated heterocycles. The van der Waals surface area contributed by atoms with E-state index in [1.165, 1.54) is 0 Å². The van der Waals surface area contributed by atoms with Crippen molar-refractivity contribution < 1.29 is 8.95 Å². The van der Waals surface area contributed by atoms with Gasteiger partial charge in [-0.15, -0.1) is 0 Å². The normalized spacial score (nSPS) is 21.3. The zero-order valence-electron chi connectivity index (χ0n) is 8.50. The summed E-state index contributed by atoms with van der Waals surface area (Å²) in [6.07, 6.45) is 1.67. The lowest BCUT2D eigenvalue weighted by Gasteiger charge is -2.17. The summed E-state index contributed by atoms with van der Waals surface area (Å²) < 4.78 is 20.8. The van der Waals surface area contributed by atoms with Crippen LogP contribution in [0.3, 0.4) is 0 Å². The van der Waals surface area contributed by atoms with Crippen molar-refractivity contribution in [2.24, 2.45) is 4.40 Å². The molecule has 0 aromatic heterocycles. The van der Waals surface area contributed by atoms with Gasteiger partial charge in [-0.2, -0.15) is 4.40 Å². The monoisotopic (exact) mass is 203 g/mol. The highest BCUT2D eigenvalue weighted by Crippen LogP contribution is 2.14. The SMILES string of the molecule is CC(C)(C)[S@](=O)N=C1CCOCC1. The number of nitrogens with zero attached hydrogens (tertiary/aromatic N) is 1.